The van der Waals surface area contributed by atoms with E-state index in [9.17, 15) is 10.4 Å². The van der Waals surface area contributed by atoms with Crippen molar-refractivity contribution in [1.82, 2.24) is 4.98 Å². The topological polar surface area (TPSA) is 56.9 Å². The van der Waals surface area contributed by atoms with Crippen LogP contribution in [-0.4, -0.2) is 10.1 Å². The molecular weight excluding hydrogens is 260 g/mol. The van der Waals surface area contributed by atoms with Gasteiger partial charge < -0.3 is 5.11 Å². The minimum Gasteiger partial charge on any atom is -0.387 e. The normalized spacial score (nSPS) is 19.6. The number of benzene rings is 1. The van der Waals surface area contributed by atoms with E-state index >= 15 is 0 Å². The van der Waals surface area contributed by atoms with E-state index in [0.29, 0.717) is 0 Å². The van der Waals surface area contributed by atoms with Gasteiger partial charge in [0, 0.05) is 23.3 Å². The summed E-state index contributed by atoms with van der Waals surface area (Å²) >= 11 is 0. The van der Waals surface area contributed by atoms with Crippen LogP contribution in [0.15, 0.2) is 36.7 Å². The molecule has 108 valence electrons. The smallest absolute Gasteiger partial charge is 0.0997 e. The molecular formula is C18H20N2O. The van der Waals surface area contributed by atoms with Crippen molar-refractivity contribution in [2.75, 3.05) is 0 Å². The maximum Gasteiger partial charge on any atom is 0.0997 e. The third-order valence-corrected chi connectivity index (χ3v) is 4.74. The highest BCUT2D eigenvalue weighted by Crippen LogP contribution is 2.45. The number of aliphatic hydroxyl groups excluding tert-OH is 1. The molecule has 1 aromatic heterocycles. The molecule has 1 atom stereocenters. The Morgan fingerprint density at radius 2 is 1.81 bits per heavy atom. The lowest BCUT2D eigenvalue weighted by Gasteiger charge is -2.31. The number of nitriles is 1. The van der Waals surface area contributed by atoms with E-state index in [2.05, 4.69) is 11.1 Å². The summed E-state index contributed by atoms with van der Waals surface area (Å²) in [5.74, 6) is 0. The number of aromatic nitrogens is 1. The Labute approximate surface area is 125 Å². The number of hydrogen-bond donors (Lipinski definition) is 1. The van der Waals surface area contributed by atoms with Crippen molar-refractivity contribution in [2.24, 2.45) is 5.41 Å². The third-order valence-electron chi connectivity index (χ3n) is 4.74. The van der Waals surface area contributed by atoms with Crippen LogP contribution in [0.2, 0.25) is 0 Å². The minimum absolute atomic E-state index is 0.664. The van der Waals surface area contributed by atoms with Crippen LogP contribution < -0.4 is 0 Å². The van der Waals surface area contributed by atoms with Gasteiger partial charge >= 0.3 is 0 Å². The Morgan fingerprint density at radius 3 is 2.52 bits per heavy atom. The van der Waals surface area contributed by atoms with Crippen LogP contribution in [0.25, 0.3) is 10.8 Å². The molecule has 0 amide bonds. The van der Waals surface area contributed by atoms with Crippen molar-refractivity contribution in [1.29, 1.82) is 5.26 Å². The van der Waals surface area contributed by atoms with E-state index in [1.165, 1.54) is 0 Å². The van der Waals surface area contributed by atoms with Gasteiger partial charge in [0.25, 0.3) is 0 Å². The molecule has 3 heteroatoms. The van der Waals surface area contributed by atoms with E-state index in [-0.39, 0.29) is 0 Å². The molecule has 2 aromatic rings. The number of hydrogen-bond acceptors (Lipinski definition) is 3. The molecule has 1 heterocycles. The molecule has 1 fully saturated rings. The van der Waals surface area contributed by atoms with Gasteiger partial charge in [-0.25, -0.2) is 0 Å². The van der Waals surface area contributed by atoms with Gasteiger partial charge in [-0.2, -0.15) is 5.26 Å². The molecule has 0 spiro atoms. The third kappa shape index (κ3) is 2.52. The molecule has 1 aliphatic rings. The zero-order valence-corrected chi connectivity index (χ0v) is 12.1. The fourth-order valence-corrected chi connectivity index (χ4v) is 3.46. The second kappa shape index (κ2) is 5.83. The van der Waals surface area contributed by atoms with Crippen molar-refractivity contribution in [3.05, 3.63) is 42.2 Å². The number of rotatable bonds is 2. The van der Waals surface area contributed by atoms with Gasteiger partial charge in [0.1, 0.15) is 0 Å². The largest absolute Gasteiger partial charge is 0.387 e. The zero-order chi connectivity index (χ0) is 14.7. The molecule has 1 aromatic carbocycles. The molecule has 0 bridgehead atoms. The van der Waals surface area contributed by atoms with Gasteiger partial charge in [0.15, 0.2) is 0 Å². The quantitative estimate of drug-likeness (QED) is 0.841. The van der Waals surface area contributed by atoms with Crippen LogP contribution in [0.4, 0.5) is 0 Å². The first-order valence-electron chi connectivity index (χ1n) is 7.69. The lowest BCUT2D eigenvalue weighted by atomic mass is 9.74. The first-order chi connectivity index (χ1) is 10.3. The number of aliphatic hydroxyl groups is 1. The maximum absolute atomic E-state index is 11.0. The number of fused-ring (bicyclic) bond motifs is 1. The molecule has 1 saturated carbocycles. The SMILES string of the molecule is N#CC1(C(O)c2cncc3ccccc23)CCCCCC1. The molecule has 1 N–H and O–H groups in total. The van der Waals surface area contributed by atoms with Gasteiger partial charge in [0.05, 0.1) is 17.6 Å². The lowest BCUT2D eigenvalue weighted by molar-refractivity contribution is 0.0526. The maximum atomic E-state index is 11.0. The van der Waals surface area contributed by atoms with Crippen LogP contribution in [0, 0.1) is 16.7 Å². The van der Waals surface area contributed by atoms with Crippen LogP contribution in [-0.2, 0) is 0 Å². The Balaban J connectivity index is 2.06. The fraction of sp³-hybridized carbons (Fsp3) is 0.444. The van der Waals surface area contributed by atoms with E-state index in [4.69, 9.17) is 0 Å². The number of pyridine rings is 1. The molecule has 3 rings (SSSR count). The van der Waals surface area contributed by atoms with Crippen molar-refractivity contribution in [3.8, 4) is 6.07 Å². The van der Waals surface area contributed by atoms with Crippen LogP contribution in [0.5, 0.6) is 0 Å². The highest BCUT2D eigenvalue weighted by molar-refractivity contribution is 5.85. The zero-order valence-electron chi connectivity index (χ0n) is 12.1. The average molecular weight is 280 g/mol. The first kappa shape index (κ1) is 14.0. The molecule has 1 unspecified atom stereocenters. The predicted molar refractivity (Wildman–Crippen MR) is 82.5 cm³/mol. The van der Waals surface area contributed by atoms with Crippen LogP contribution >= 0.6 is 0 Å². The van der Waals surface area contributed by atoms with Crippen molar-refractivity contribution < 1.29 is 5.11 Å². The van der Waals surface area contributed by atoms with E-state index in [0.717, 1.165) is 54.9 Å². The molecule has 0 saturated heterocycles. The van der Waals surface area contributed by atoms with Crippen molar-refractivity contribution in [2.45, 2.75) is 44.6 Å². The fourth-order valence-electron chi connectivity index (χ4n) is 3.46. The van der Waals surface area contributed by atoms with Gasteiger partial charge in [0.2, 0.25) is 0 Å². The summed E-state index contributed by atoms with van der Waals surface area (Å²) in [5.41, 5.74) is 0.124. The Hall–Kier alpha value is -1.92. The summed E-state index contributed by atoms with van der Waals surface area (Å²) in [7, 11) is 0. The number of nitrogens with zero attached hydrogens (tertiary/aromatic N) is 2. The molecule has 0 radical (unpaired) electrons. The summed E-state index contributed by atoms with van der Waals surface area (Å²) < 4.78 is 0. The molecule has 0 aliphatic heterocycles. The predicted octanol–water partition coefficient (Wildman–Crippen LogP) is 4.13. The summed E-state index contributed by atoms with van der Waals surface area (Å²) in [5, 5.41) is 22.7. The van der Waals surface area contributed by atoms with Crippen molar-refractivity contribution in [3.63, 3.8) is 0 Å². The van der Waals surface area contributed by atoms with E-state index in [1.54, 1.807) is 12.4 Å². The Morgan fingerprint density at radius 1 is 1.10 bits per heavy atom. The Kier molecular flexibility index (Phi) is 3.90. The molecule has 3 nitrogen and oxygen atoms in total. The first-order valence-corrected chi connectivity index (χ1v) is 7.69. The van der Waals surface area contributed by atoms with Crippen molar-refractivity contribution >= 4 is 10.8 Å². The molecule has 1 aliphatic carbocycles. The standard InChI is InChI=1S/C18H20N2O/c19-13-18(9-5-1-2-6-10-18)17(21)16-12-20-11-14-7-3-4-8-15(14)16/h3-4,7-8,11-12,17,21H,1-2,5-6,9-10H2. The summed E-state index contributed by atoms with van der Waals surface area (Å²) in [6, 6.07) is 10.4. The second-order valence-electron chi connectivity index (χ2n) is 6.03. The minimum atomic E-state index is -0.765. The Bertz CT molecular complexity index is 661. The highest BCUT2D eigenvalue weighted by atomic mass is 16.3. The summed E-state index contributed by atoms with van der Waals surface area (Å²) in [4.78, 5) is 4.25. The monoisotopic (exact) mass is 280 g/mol. The highest BCUT2D eigenvalue weighted by Gasteiger charge is 2.40. The van der Waals surface area contributed by atoms with E-state index < -0.39 is 11.5 Å². The summed E-state index contributed by atoms with van der Waals surface area (Å²) in [6.07, 6.45) is 8.65. The van der Waals surface area contributed by atoms with Gasteiger partial charge in [-0.3, -0.25) is 4.98 Å². The second-order valence-corrected chi connectivity index (χ2v) is 6.03. The van der Waals surface area contributed by atoms with Crippen LogP contribution in [0.3, 0.4) is 0 Å². The van der Waals surface area contributed by atoms with Gasteiger partial charge in [-0.05, 0) is 18.2 Å². The van der Waals surface area contributed by atoms with Gasteiger partial charge in [-0.15, -0.1) is 0 Å². The van der Waals surface area contributed by atoms with Gasteiger partial charge in [-0.1, -0.05) is 49.9 Å². The molecule has 21 heavy (non-hydrogen) atoms. The van der Waals surface area contributed by atoms with Crippen LogP contribution in [0.1, 0.15) is 50.2 Å². The van der Waals surface area contributed by atoms with E-state index in [1.807, 2.05) is 24.3 Å². The lowest BCUT2D eigenvalue weighted by Crippen LogP contribution is -2.27. The average Bonchev–Trinajstić information content (AvgIpc) is 2.80. The summed E-state index contributed by atoms with van der Waals surface area (Å²) in [6.45, 7) is 0.